The Labute approximate surface area is 138 Å². The van der Waals surface area contributed by atoms with E-state index in [4.69, 9.17) is 0 Å². The molecule has 0 saturated heterocycles. The van der Waals surface area contributed by atoms with Gasteiger partial charge in [0.1, 0.15) is 0 Å². The second-order valence-electron chi connectivity index (χ2n) is 6.45. The average molecular weight is 307 g/mol. The van der Waals surface area contributed by atoms with Crippen LogP contribution in [0, 0.1) is 5.92 Å². The SMILES string of the molecule is O=C(NCC(c1ccccc1)c1ccccc1)C1CCCCC1. The van der Waals surface area contributed by atoms with Crippen molar-refractivity contribution < 1.29 is 4.79 Å². The second-order valence-corrected chi connectivity index (χ2v) is 6.45. The van der Waals surface area contributed by atoms with Crippen molar-refractivity contribution in [2.45, 2.75) is 38.0 Å². The number of amides is 1. The van der Waals surface area contributed by atoms with Gasteiger partial charge in [0.25, 0.3) is 0 Å². The lowest BCUT2D eigenvalue weighted by Crippen LogP contribution is -2.35. The van der Waals surface area contributed by atoms with Gasteiger partial charge in [-0.25, -0.2) is 0 Å². The zero-order chi connectivity index (χ0) is 15.9. The molecule has 120 valence electrons. The number of benzene rings is 2. The molecule has 3 rings (SSSR count). The van der Waals surface area contributed by atoms with E-state index in [1.165, 1.54) is 30.4 Å². The molecule has 2 aromatic carbocycles. The van der Waals surface area contributed by atoms with E-state index in [-0.39, 0.29) is 17.7 Å². The van der Waals surface area contributed by atoms with Crippen LogP contribution in [-0.2, 0) is 4.79 Å². The maximum absolute atomic E-state index is 12.5. The Morgan fingerprint density at radius 2 is 1.39 bits per heavy atom. The third-order valence-corrected chi connectivity index (χ3v) is 4.86. The largest absolute Gasteiger partial charge is 0.355 e. The van der Waals surface area contributed by atoms with Gasteiger partial charge in [-0.1, -0.05) is 79.9 Å². The fourth-order valence-corrected chi connectivity index (χ4v) is 3.51. The van der Waals surface area contributed by atoms with Crippen LogP contribution in [0.25, 0.3) is 0 Å². The Bertz CT molecular complexity index is 563. The van der Waals surface area contributed by atoms with E-state index in [1.807, 2.05) is 12.1 Å². The fraction of sp³-hybridized carbons (Fsp3) is 0.381. The summed E-state index contributed by atoms with van der Waals surface area (Å²) in [5, 5.41) is 3.21. The zero-order valence-corrected chi connectivity index (χ0v) is 13.6. The predicted molar refractivity (Wildman–Crippen MR) is 94.3 cm³/mol. The summed E-state index contributed by atoms with van der Waals surface area (Å²) in [6.07, 6.45) is 5.76. The molecule has 0 heterocycles. The second kappa shape index (κ2) is 7.96. The molecule has 0 unspecified atom stereocenters. The van der Waals surface area contributed by atoms with E-state index < -0.39 is 0 Å². The van der Waals surface area contributed by atoms with Crippen molar-refractivity contribution in [3.05, 3.63) is 71.8 Å². The van der Waals surface area contributed by atoms with Gasteiger partial charge in [0.05, 0.1) is 0 Å². The maximum atomic E-state index is 12.5. The van der Waals surface area contributed by atoms with Crippen LogP contribution < -0.4 is 5.32 Å². The summed E-state index contributed by atoms with van der Waals surface area (Å²) < 4.78 is 0. The summed E-state index contributed by atoms with van der Waals surface area (Å²) in [6, 6.07) is 20.9. The molecule has 0 bridgehead atoms. The van der Waals surface area contributed by atoms with E-state index in [0.29, 0.717) is 6.54 Å². The highest BCUT2D eigenvalue weighted by atomic mass is 16.1. The van der Waals surface area contributed by atoms with Crippen LogP contribution >= 0.6 is 0 Å². The Kier molecular flexibility index (Phi) is 5.46. The number of hydrogen-bond acceptors (Lipinski definition) is 1. The molecule has 0 atom stereocenters. The van der Waals surface area contributed by atoms with Crippen molar-refractivity contribution in [3.8, 4) is 0 Å². The van der Waals surface area contributed by atoms with Gasteiger partial charge < -0.3 is 5.32 Å². The van der Waals surface area contributed by atoms with Gasteiger partial charge in [0.2, 0.25) is 5.91 Å². The van der Waals surface area contributed by atoms with Crippen LogP contribution in [0.3, 0.4) is 0 Å². The molecule has 0 aliphatic heterocycles. The molecule has 1 amide bonds. The Hall–Kier alpha value is -2.09. The van der Waals surface area contributed by atoms with E-state index in [9.17, 15) is 4.79 Å². The topological polar surface area (TPSA) is 29.1 Å². The van der Waals surface area contributed by atoms with Crippen LogP contribution in [0.5, 0.6) is 0 Å². The van der Waals surface area contributed by atoms with Crippen LogP contribution in [0.1, 0.15) is 49.1 Å². The molecular weight excluding hydrogens is 282 g/mol. The molecule has 0 radical (unpaired) electrons. The smallest absolute Gasteiger partial charge is 0.223 e. The average Bonchev–Trinajstić information content (AvgIpc) is 2.64. The molecule has 2 aromatic rings. The lowest BCUT2D eigenvalue weighted by molar-refractivity contribution is -0.125. The summed E-state index contributed by atoms with van der Waals surface area (Å²) >= 11 is 0. The van der Waals surface area contributed by atoms with Gasteiger partial charge in [-0.15, -0.1) is 0 Å². The van der Waals surface area contributed by atoms with Crippen molar-refractivity contribution in [1.29, 1.82) is 0 Å². The Morgan fingerprint density at radius 1 is 0.870 bits per heavy atom. The standard InChI is InChI=1S/C21H25NO/c23-21(19-14-8-3-9-15-19)22-16-20(17-10-4-1-5-11-17)18-12-6-2-7-13-18/h1-2,4-7,10-13,19-20H,3,8-9,14-16H2,(H,22,23). The van der Waals surface area contributed by atoms with Crippen LogP contribution in [0.4, 0.5) is 0 Å². The van der Waals surface area contributed by atoms with Crippen molar-refractivity contribution in [3.63, 3.8) is 0 Å². The molecule has 1 aliphatic rings. The summed E-state index contributed by atoms with van der Waals surface area (Å²) in [6.45, 7) is 0.670. The number of carbonyl (C=O) groups is 1. The van der Waals surface area contributed by atoms with Crippen LogP contribution in [0.2, 0.25) is 0 Å². The minimum atomic E-state index is 0.213. The number of rotatable bonds is 5. The molecule has 2 heteroatoms. The third kappa shape index (κ3) is 4.22. The van der Waals surface area contributed by atoms with Gasteiger partial charge in [0.15, 0.2) is 0 Å². The van der Waals surface area contributed by atoms with Gasteiger partial charge >= 0.3 is 0 Å². The summed E-state index contributed by atoms with van der Waals surface area (Å²) in [5.41, 5.74) is 2.50. The predicted octanol–water partition coefficient (Wildman–Crippen LogP) is 4.52. The molecule has 0 aromatic heterocycles. The first-order chi connectivity index (χ1) is 11.3. The van der Waals surface area contributed by atoms with E-state index in [1.54, 1.807) is 0 Å². The minimum Gasteiger partial charge on any atom is -0.355 e. The van der Waals surface area contributed by atoms with Crippen molar-refractivity contribution >= 4 is 5.91 Å². The van der Waals surface area contributed by atoms with Crippen LogP contribution in [-0.4, -0.2) is 12.5 Å². The number of carbonyl (C=O) groups excluding carboxylic acids is 1. The minimum absolute atomic E-state index is 0.213. The lowest BCUT2D eigenvalue weighted by Gasteiger charge is -2.23. The molecule has 1 N–H and O–H groups in total. The maximum Gasteiger partial charge on any atom is 0.223 e. The Balaban J connectivity index is 1.70. The Morgan fingerprint density at radius 3 is 1.91 bits per heavy atom. The zero-order valence-electron chi connectivity index (χ0n) is 13.6. The normalized spacial score (nSPS) is 15.5. The third-order valence-electron chi connectivity index (χ3n) is 4.86. The first-order valence-electron chi connectivity index (χ1n) is 8.72. The van der Waals surface area contributed by atoms with Gasteiger partial charge in [-0.05, 0) is 24.0 Å². The monoisotopic (exact) mass is 307 g/mol. The molecule has 2 nitrogen and oxygen atoms in total. The molecule has 0 spiro atoms. The van der Waals surface area contributed by atoms with Crippen molar-refractivity contribution in [1.82, 2.24) is 5.32 Å². The van der Waals surface area contributed by atoms with Gasteiger partial charge in [-0.3, -0.25) is 4.79 Å². The van der Waals surface area contributed by atoms with E-state index in [0.717, 1.165) is 12.8 Å². The first kappa shape index (κ1) is 15.8. The van der Waals surface area contributed by atoms with Gasteiger partial charge in [0, 0.05) is 18.4 Å². The number of nitrogens with one attached hydrogen (secondary N) is 1. The molecular formula is C21H25NO. The summed E-state index contributed by atoms with van der Waals surface area (Å²) in [7, 11) is 0. The van der Waals surface area contributed by atoms with Gasteiger partial charge in [-0.2, -0.15) is 0 Å². The highest BCUT2D eigenvalue weighted by Crippen LogP contribution is 2.26. The van der Waals surface area contributed by atoms with Crippen molar-refractivity contribution in [2.24, 2.45) is 5.92 Å². The molecule has 23 heavy (non-hydrogen) atoms. The summed E-state index contributed by atoms with van der Waals surface area (Å²) in [5.74, 6) is 0.669. The molecule has 1 aliphatic carbocycles. The van der Waals surface area contributed by atoms with Crippen molar-refractivity contribution in [2.75, 3.05) is 6.54 Å². The summed E-state index contributed by atoms with van der Waals surface area (Å²) in [4.78, 5) is 12.5. The molecule has 1 saturated carbocycles. The van der Waals surface area contributed by atoms with E-state index in [2.05, 4.69) is 53.8 Å². The highest BCUT2D eigenvalue weighted by Gasteiger charge is 2.22. The highest BCUT2D eigenvalue weighted by molar-refractivity contribution is 5.78. The number of hydrogen-bond donors (Lipinski definition) is 1. The molecule has 1 fully saturated rings. The first-order valence-corrected chi connectivity index (χ1v) is 8.72. The van der Waals surface area contributed by atoms with E-state index >= 15 is 0 Å². The fourth-order valence-electron chi connectivity index (χ4n) is 3.51. The lowest BCUT2D eigenvalue weighted by atomic mass is 9.88. The van der Waals surface area contributed by atoms with Crippen LogP contribution in [0.15, 0.2) is 60.7 Å². The quantitative estimate of drug-likeness (QED) is 0.865.